The van der Waals surface area contributed by atoms with Crippen LogP contribution in [-0.4, -0.2) is 91.0 Å². The highest BCUT2D eigenvalue weighted by Crippen LogP contribution is 2.22. The van der Waals surface area contributed by atoms with E-state index in [0.29, 0.717) is 0 Å². The maximum atomic E-state index is 10.9. The van der Waals surface area contributed by atoms with Gasteiger partial charge in [0, 0.05) is 0 Å². The van der Waals surface area contributed by atoms with Crippen molar-refractivity contribution in [1.29, 1.82) is 0 Å². The summed E-state index contributed by atoms with van der Waals surface area (Å²) in [5.74, 6) is -1.17. The van der Waals surface area contributed by atoms with Gasteiger partial charge in [-0.15, -0.1) is 0 Å². The molecule has 9 nitrogen and oxygen atoms in total. The number of rotatable bonds is 5. The van der Waals surface area contributed by atoms with Crippen molar-refractivity contribution >= 4 is 5.97 Å². The van der Waals surface area contributed by atoms with Crippen molar-refractivity contribution in [3.05, 3.63) is 0 Å². The summed E-state index contributed by atoms with van der Waals surface area (Å²) < 4.78 is 4.43. The molecular weight excluding hydrogens is 252 g/mol. The van der Waals surface area contributed by atoms with Crippen LogP contribution in [0.2, 0.25) is 0 Å². The lowest BCUT2D eigenvalue weighted by Gasteiger charge is -2.29. The van der Waals surface area contributed by atoms with Crippen LogP contribution in [0.4, 0.5) is 0 Å². The minimum atomic E-state index is -1.98. The molecule has 106 valence electrons. The molecule has 1 saturated heterocycles. The first-order valence-electron chi connectivity index (χ1n) is 5.21. The van der Waals surface area contributed by atoms with Crippen molar-refractivity contribution in [3.63, 3.8) is 0 Å². The van der Waals surface area contributed by atoms with E-state index in [1.807, 2.05) is 0 Å². The SMILES string of the molecule is O=C1OC(C(O)C(O)C(O)C(O)CO)C(O)C1O. The van der Waals surface area contributed by atoms with E-state index in [4.69, 9.17) is 15.3 Å². The molecular formula is C9H16O9. The molecule has 0 spiro atoms. The maximum Gasteiger partial charge on any atom is 0.338 e. The van der Waals surface area contributed by atoms with E-state index in [-0.39, 0.29) is 0 Å². The van der Waals surface area contributed by atoms with Crippen molar-refractivity contribution in [3.8, 4) is 0 Å². The van der Waals surface area contributed by atoms with E-state index in [0.717, 1.165) is 0 Å². The van der Waals surface area contributed by atoms with E-state index < -0.39 is 55.3 Å². The molecule has 0 aliphatic carbocycles. The maximum absolute atomic E-state index is 10.9. The zero-order valence-corrected chi connectivity index (χ0v) is 9.20. The number of aliphatic hydroxyl groups is 7. The summed E-state index contributed by atoms with van der Waals surface area (Å²) in [5.41, 5.74) is 0. The highest BCUT2D eigenvalue weighted by molar-refractivity contribution is 5.77. The van der Waals surface area contributed by atoms with Gasteiger partial charge in [0.1, 0.15) is 30.5 Å². The third-order valence-electron chi connectivity index (χ3n) is 2.77. The van der Waals surface area contributed by atoms with Crippen molar-refractivity contribution in [2.75, 3.05) is 6.61 Å². The second-order valence-corrected chi connectivity index (χ2v) is 4.06. The van der Waals surface area contributed by atoms with E-state index in [2.05, 4.69) is 4.74 Å². The summed E-state index contributed by atoms with van der Waals surface area (Å²) in [4.78, 5) is 10.9. The molecule has 7 atom stereocenters. The van der Waals surface area contributed by atoms with E-state index in [1.54, 1.807) is 0 Å². The lowest BCUT2D eigenvalue weighted by Crippen LogP contribution is -2.52. The summed E-state index contributed by atoms with van der Waals surface area (Å²) >= 11 is 0. The summed E-state index contributed by atoms with van der Waals surface area (Å²) in [6.45, 7) is -0.861. The molecule has 0 aromatic heterocycles. The van der Waals surface area contributed by atoms with Crippen LogP contribution in [0, 0.1) is 0 Å². The van der Waals surface area contributed by atoms with Crippen molar-refractivity contribution in [1.82, 2.24) is 0 Å². The lowest BCUT2D eigenvalue weighted by molar-refractivity contribution is -0.166. The Bertz CT molecular complexity index is 296. The lowest BCUT2D eigenvalue weighted by atomic mass is 9.96. The Hall–Kier alpha value is -0.810. The largest absolute Gasteiger partial charge is 0.455 e. The summed E-state index contributed by atoms with van der Waals surface area (Å²) in [6, 6.07) is 0. The third kappa shape index (κ3) is 2.78. The standard InChI is InChI=1S/C9H16O9/c10-1-2(11)3(12)4(13)5(14)8-6(15)7(16)9(17)18-8/h2-8,10-16H,1H2. The molecule has 0 bridgehead atoms. The van der Waals surface area contributed by atoms with Gasteiger partial charge >= 0.3 is 5.97 Å². The second kappa shape index (κ2) is 5.89. The Morgan fingerprint density at radius 2 is 1.67 bits per heavy atom. The summed E-state index contributed by atoms with van der Waals surface area (Å²) in [7, 11) is 0. The molecule has 1 rings (SSSR count). The Balaban J connectivity index is 2.70. The number of esters is 1. The number of ether oxygens (including phenoxy) is 1. The van der Waals surface area contributed by atoms with Crippen molar-refractivity contribution < 1.29 is 45.3 Å². The molecule has 1 heterocycles. The highest BCUT2D eigenvalue weighted by Gasteiger charge is 2.49. The Morgan fingerprint density at radius 1 is 1.11 bits per heavy atom. The Kier molecular flexibility index (Phi) is 4.99. The highest BCUT2D eigenvalue weighted by atomic mass is 16.6. The zero-order chi connectivity index (χ0) is 14.0. The van der Waals surface area contributed by atoms with Crippen LogP contribution in [0.3, 0.4) is 0 Å². The van der Waals surface area contributed by atoms with Gasteiger partial charge in [0.2, 0.25) is 0 Å². The van der Waals surface area contributed by atoms with Crippen LogP contribution in [-0.2, 0) is 9.53 Å². The van der Waals surface area contributed by atoms with Gasteiger partial charge < -0.3 is 40.5 Å². The van der Waals surface area contributed by atoms with Crippen molar-refractivity contribution in [2.24, 2.45) is 0 Å². The van der Waals surface area contributed by atoms with Crippen LogP contribution in [0.5, 0.6) is 0 Å². The van der Waals surface area contributed by atoms with E-state index >= 15 is 0 Å². The molecule has 7 unspecified atom stereocenters. The fourth-order valence-corrected chi connectivity index (χ4v) is 1.60. The fraction of sp³-hybridized carbons (Fsp3) is 0.889. The number of hydrogen-bond donors (Lipinski definition) is 7. The van der Waals surface area contributed by atoms with E-state index in [1.165, 1.54) is 0 Å². The predicted octanol–water partition coefficient (Wildman–Crippen LogP) is -4.93. The first-order chi connectivity index (χ1) is 8.31. The van der Waals surface area contributed by atoms with Gasteiger partial charge in [0.25, 0.3) is 0 Å². The molecule has 0 aromatic rings. The minimum Gasteiger partial charge on any atom is -0.455 e. The van der Waals surface area contributed by atoms with Crippen molar-refractivity contribution in [2.45, 2.75) is 42.7 Å². The molecule has 1 aliphatic heterocycles. The molecule has 1 fully saturated rings. The van der Waals surface area contributed by atoms with Gasteiger partial charge in [0.15, 0.2) is 12.2 Å². The van der Waals surface area contributed by atoms with Gasteiger partial charge in [-0.1, -0.05) is 0 Å². The van der Waals surface area contributed by atoms with Crippen LogP contribution in [0.25, 0.3) is 0 Å². The normalized spacial score (nSPS) is 34.8. The average Bonchev–Trinajstić information content (AvgIpc) is 2.62. The molecule has 0 saturated carbocycles. The number of cyclic esters (lactones) is 1. The molecule has 0 amide bonds. The second-order valence-electron chi connectivity index (χ2n) is 4.06. The van der Waals surface area contributed by atoms with Gasteiger partial charge in [-0.05, 0) is 0 Å². The predicted molar refractivity (Wildman–Crippen MR) is 53.0 cm³/mol. The molecule has 18 heavy (non-hydrogen) atoms. The first kappa shape index (κ1) is 15.2. The van der Waals surface area contributed by atoms with E-state index in [9.17, 15) is 25.2 Å². The van der Waals surface area contributed by atoms with Gasteiger partial charge in [-0.3, -0.25) is 0 Å². The number of carbonyl (C=O) groups is 1. The number of carbonyl (C=O) groups excluding carboxylic acids is 1. The molecule has 1 aliphatic rings. The van der Waals surface area contributed by atoms with Crippen LogP contribution in [0.1, 0.15) is 0 Å². The molecule has 0 aromatic carbocycles. The molecule has 0 radical (unpaired) electrons. The van der Waals surface area contributed by atoms with Gasteiger partial charge in [-0.25, -0.2) is 4.79 Å². The van der Waals surface area contributed by atoms with Gasteiger partial charge in [-0.2, -0.15) is 0 Å². The Labute approximate surface area is 101 Å². The summed E-state index contributed by atoms with van der Waals surface area (Å²) in [6.07, 6.45) is -12.8. The number of aliphatic hydroxyl groups excluding tert-OH is 7. The van der Waals surface area contributed by atoms with Crippen LogP contribution >= 0.6 is 0 Å². The molecule has 9 heteroatoms. The monoisotopic (exact) mass is 268 g/mol. The zero-order valence-electron chi connectivity index (χ0n) is 9.20. The molecule has 7 N–H and O–H groups in total. The average molecular weight is 268 g/mol. The smallest absolute Gasteiger partial charge is 0.338 e. The fourth-order valence-electron chi connectivity index (χ4n) is 1.60. The summed E-state index contributed by atoms with van der Waals surface area (Å²) in [5, 5.41) is 64.5. The first-order valence-corrected chi connectivity index (χ1v) is 5.21. The minimum absolute atomic E-state index is 0.861. The van der Waals surface area contributed by atoms with Gasteiger partial charge in [0.05, 0.1) is 6.61 Å². The third-order valence-corrected chi connectivity index (χ3v) is 2.77. The quantitative estimate of drug-likeness (QED) is 0.241. The van der Waals surface area contributed by atoms with Crippen LogP contribution in [0.15, 0.2) is 0 Å². The Morgan fingerprint density at radius 3 is 2.06 bits per heavy atom. The number of hydrogen-bond acceptors (Lipinski definition) is 9. The van der Waals surface area contributed by atoms with Crippen LogP contribution < -0.4 is 0 Å². The topological polar surface area (TPSA) is 168 Å².